The van der Waals surface area contributed by atoms with Gasteiger partial charge in [-0.05, 0) is 44.7 Å². The van der Waals surface area contributed by atoms with Crippen LogP contribution in [0, 0.1) is 0 Å². The molecular weight excluding hydrogens is 344 g/mol. The number of H-pyrrole nitrogens is 1. The Hall–Kier alpha value is -2.28. The highest BCUT2D eigenvalue weighted by Crippen LogP contribution is 2.46. The summed E-state index contributed by atoms with van der Waals surface area (Å²) in [6.07, 6.45) is 4.06. The van der Waals surface area contributed by atoms with Crippen LogP contribution in [0.1, 0.15) is 38.6 Å². The Bertz CT molecular complexity index is 907. The van der Waals surface area contributed by atoms with E-state index in [9.17, 15) is 9.59 Å². The Morgan fingerprint density at radius 2 is 1.89 bits per heavy atom. The quantitative estimate of drug-likeness (QED) is 0.900. The molecule has 6 rings (SSSR count). The predicted octanol–water partition coefficient (Wildman–Crippen LogP) is 2.34. The monoisotopic (exact) mass is 370 g/mol. The minimum Gasteiger partial charge on any atom is -0.450 e. The van der Waals surface area contributed by atoms with Crippen molar-refractivity contribution in [1.82, 2.24) is 19.4 Å². The van der Waals surface area contributed by atoms with Crippen LogP contribution in [0.2, 0.25) is 0 Å². The van der Waals surface area contributed by atoms with E-state index >= 15 is 0 Å². The molecule has 3 atom stereocenters. The maximum absolute atomic E-state index is 12.5. The van der Waals surface area contributed by atoms with Gasteiger partial charge in [0.1, 0.15) is 0 Å². The fourth-order valence-corrected chi connectivity index (χ4v) is 5.49. The molecule has 1 aromatic carbocycles. The third-order valence-corrected chi connectivity index (χ3v) is 6.58. The number of hydrogen-bond donors (Lipinski definition) is 1. The first kappa shape index (κ1) is 16.9. The normalized spacial score (nSPS) is 30.5. The van der Waals surface area contributed by atoms with E-state index in [1.807, 2.05) is 40.7 Å². The fourth-order valence-electron chi connectivity index (χ4n) is 5.49. The molecule has 1 N–H and O–H groups in total. The average molecular weight is 370 g/mol. The van der Waals surface area contributed by atoms with Gasteiger partial charge < -0.3 is 14.6 Å². The van der Waals surface area contributed by atoms with Gasteiger partial charge in [0.2, 0.25) is 0 Å². The molecular formula is C20H26N4O3. The molecule has 1 saturated carbocycles. The molecule has 0 spiro atoms. The van der Waals surface area contributed by atoms with Crippen molar-refractivity contribution >= 4 is 17.1 Å². The van der Waals surface area contributed by atoms with Crippen molar-refractivity contribution in [3.8, 4) is 0 Å². The van der Waals surface area contributed by atoms with Gasteiger partial charge in [0.25, 0.3) is 0 Å². The van der Waals surface area contributed by atoms with Crippen LogP contribution in [-0.2, 0) is 4.74 Å². The summed E-state index contributed by atoms with van der Waals surface area (Å²) < 4.78 is 7.11. The van der Waals surface area contributed by atoms with E-state index in [0.717, 1.165) is 43.4 Å². The highest BCUT2D eigenvalue weighted by Gasteiger charge is 2.50. The molecule has 4 fully saturated rings. The molecule has 1 aromatic heterocycles. The molecule has 1 aliphatic carbocycles. The number of carbonyl (C=O) groups excluding carboxylic acids is 1. The second-order valence-electron chi connectivity index (χ2n) is 8.02. The largest absolute Gasteiger partial charge is 0.450 e. The highest BCUT2D eigenvalue weighted by atomic mass is 16.6. The van der Waals surface area contributed by atoms with Gasteiger partial charge in [-0.15, -0.1) is 0 Å². The molecule has 2 aromatic rings. The number of fused-ring (bicyclic) bond motifs is 3. The van der Waals surface area contributed by atoms with E-state index in [4.69, 9.17) is 4.74 Å². The number of aromatic nitrogens is 2. The van der Waals surface area contributed by atoms with Crippen LogP contribution in [0.15, 0.2) is 29.1 Å². The smallest absolute Gasteiger partial charge is 0.409 e. The van der Waals surface area contributed by atoms with Gasteiger partial charge in [-0.2, -0.15) is 0 Å². The molecule has 3 unspecified atom stereocenters. The molecule has 4 aliphatic rings. The van der Waals surface area contributed by atoms with Gasteiger partial charge in [0, 0.05) is 37.3 Å². The number of para-hydroxylation sites is 2. The van der Waals surface area contributed by atoms with Gasteiger partial charge in [0.05, 0.1) is 17.6 Å². The SMILES string of the molecule is CCOC(=O)N1CCC(N2C3CC2CC(n2c(=O)[nH]c4ccccc42)C3)C1. The standard InChI is InChI=1S/C20H26N4O3/c1-2-27-20(26)22-8-7-13(12-22)23-14-9-15(23)11-16(10-14)24-18-6-4-3-5-17(18)21-19(24)25/h3-6,13-16H,2,7-12H2,1H3,(H,21,25). The summed E-state index contributed by atoms with van der Waals surface area (Å²) in [7, 11) is 0. The topological polar surface area (TPSA) is 70.6 Å². The number of nitrogens with one attached hydrogen (secondary N) is 1. The third-order valence-electron chi connectivity index (χ3n) is 6.58. The molecule has 144 valence electrons. The van der Waals surface area contributed by atoms with Crippen LogP contribution >= 0.6 is 0 Å². The van der Waals surface area contributed by atoms with E-state index in [0.29, 0.717) is 24.7 Å². The number of carbonyl (C=O) groups is 1. The second-order valence-corrected chi connectivity index (χ2v) is 8.02. The number of piperidine rings is 1. The Morgan fingerprint density at radius 3 is 2.67 bits per heavy atom. The van der Waals surface area contributed by atoms with Gasteiger partial charge in [-0.3, -0.25) is 9.47 Å². The molecule has 3 saturated heterocycles. The Morgan fingerprint density at radius 1 is 1.15 bits per heavy atom. The predicted molar refractivity (Wildman–Crippen MR) is 102 cm³/mol. The first-order valence-electron chi connectivity index (χ1n) is 10.0. The van der Waals surface area contributed by atoms with E-state index in [2.05, 4.69) is 9.88 Å². The second kappa shape index (κ2) is 6.41. The first-order valence-corrected chi connectivity index (χ1v) is 10.0. The lowest BCUT2D eigenvalue weighted by molar-refractivity contribution is -0.0757. The van der Waals surface area contributed by atoms with Crippen molar-refractivity contribution < 1.29 is 9.53 Å². The van der Waals surface area contributed by atoms with Crippen molar-refractivity contribution in [3.63, 3.8) is 0 Å². The number of rotatable bonds is 3. The van der Waals surface area contributed by atoms with Crippen LogP contribution in [0.25, 0.3) is 11.0 Å². The molecule has 27 heavy (non-hydrogen) atoms. The summed E-state index contributed by atoms with van der Waals surface area (Å²) in [6, 6.07) is 9.66. The van der Waals surface area contributed by atoms with Crippen LogP contribution in [0.3, 0.4) is 0 Å². The Kier molecular flexibility index (Phi) is 4.00. The molecule has 2 bridgehead atoms. The molecule has 4 heterocycles. The lowest BCUT2D eigenvalue weighted by Gasteiger charge is -2.58. The Balaban J connectivity index is 1.30. The zero-order chi connectivity index (χ0) is 18.5. The van der Waals surface area contributed by atoms with E-state index < -0.39 is 0 Å². The van der Waals surface area contributed by atoms with Gasteiger partial charge in [0.15, 0.2) is 0 Å². The summed E-state index contributed by atoms with van der Waals surface area (Å²) in [5.74, 6) is 0. The summed E-state index contributed by atoms with van der Waals surface area (Å²) >= 11 is 0. The molecule has 7 nitrogen and oxygen atoms in total. The van der Waals surface area contributed by atoms with E-state index in [1.165, 1.54) is 6.42 Å². The number of likely N-dealkylation sites (tertiary alicyclic amines) is 1. The molecule has 0 radical (unpaired) electrons. The number of benzene rings is 1. The highest BCUT2D eigenvalue weighted by molar-refractivity contribution is 5.75. The maximum atomic E-state index is 12.5. The summed E-state index contributed by atoms with van der Waals surface area (Å²) in [5.41, 5.74) is 1.93. The fraction of sp³-hybridized carbons (Fsp3) is 0.600. The number of aromatic amines is 1. The van der Waals surface area contributed by atoms with Crippen LogP contribution in [0.4, 0.5) is 4.79 Å². The van der Waals surface area contributed by atoms with Crippen LogP contribution in [0.5, 0.6) is 0 Å². The minimum absolute atomic E-state index is 0.00315. The van der Waals surface area contributed by atoms with Gasteiger partial charge in [-0.25, -0.2) is 9.59 Å². The molecule has 1 amide bonds. The van der Waals surface area contributed by atoms with Crippen molar-refractivity contribution in [1.29, 1.82) is 0 Å². The molecule has 7 heteroatoms. The van der Waals surface area contributed by atoms with Gasteiger partial charge >= 0.3 is 11.8 Å². The van der Waals surface area contributed by atoms with Crippen molar-refractivity contribution in [2.75, 3.05) is 19.7 Å². The van der Waals surface area contributed by atoms with E-state index in [1.54, 1.807) is 0 Å². The zero-order valence-electron chi connectivity index (χ0n) is 15.6. The molecule has 3 aliphatic heterocycles. The number of imidazole rings is 1. The third kappa shape index (κ3) is 2.67. The van der Waals surface area contributed by atoms with Crippen molar-refractivity contribution in [2.45, 2.75) is 56.8 Å². The number of nitrogens with zero attached hydrogens (tertiary/aromatic N) is 3. The number of hydrogen-bond acceptors (Lipinski definition) is 4. The van der Waals surface area contributed by atoms with E-state index in [-0.39, 0.29) is 17.8 Å². The lowest BCUT2D eigenvalue weighted by atomic mass is 9.75. The Labute approximate surface area is 157 Å². The van der Waals surface area contributed by atoms with Crippen molar-refractivity contribution in [3.05, 3.63) is 34.7 Å². The summed E-state index contributed by atoms with van der Waals surface area (Å²) in [5, 5.41) is 0. The number of amides is 1. The summed E-state index contributed by atoms with van der Waals surface area (Å²) in [4.78, 5) is 31.9. The van der Waals surface area contributed by atoms with Crippen molar-refractivity contribution in [2.24, 2.45) is 0 Å². The summed E-state index contributed by atoms with van der Waals surface area (Å²) in [6.45, 7) is 3.82. The zero-order valence-corrected chi connectivity index (χ0v) is 15.6. The number of ether oxygens (including phenoxy) is 1. The minimum atomic E-state index is -0.186. The van der Waals surface area contributed by atoms with Crippen LogP contribution in [-0.4, -0.2) is 63.3 Å². The van der Waals surface area contributed by atoms with Crippen LogP contribution < -0.4 is 5.69 Å². The lowest BCUT2D eigenvalue weighted by Crippen LogP contribution is -2.65. The maximum Gasteiger partial charge on any atom is 0.409 e. The average Bonchev–Trinajstić information content (AvgIpc) is 3.25. The first-order chi connectivity index (χ1) is 13.2. The van der Waals surface area contributed by atoms with Gasteiger partial charge in [-0.1, -0.05) is 12.1 Å².